The maximum absolute atomic E-state index is 12.8. The molecule has 0 aromatic carbocycles. The Morgan fingerprint density at radius 3 is 2.18 bits per heavy atom. The number of allylic oxidation sites excluding steroid dienone is 1. The predicted octanol–water partition coefficient (Wildman–Crippen LogP) is 4.56. The fraction of sp³-hybridized carbons (Fsp3) is 0.704. The summed E-state index contributed by atoms with van der Waals surface area (Å²) in [5.41, 5.74) is -0.626. The minimum atomic E-state index is -0.626. The molecule has 0 N–H and O–H groups in total. The monoisotopic (exact) mass is 476 g/mol. The number of unbranched alkanes of at least 4 members (excludes halogenated alkanes) is 3. The molecule has 0 radical (unpaired) electrons. The van der Waals surface area contributed by atoms with Crippen molar-refractivity contribution in [3.63, 3.8) is 0 Å². The van der Waals surface area contributed by atoms with Crippen molar-refractivity contribution >= 4 is 23.7 Å². The van der Waals surface area contributed by atoms with Gasteiger partial charge in [-0.15, -0.1) is 11.8 Å². The Balaban J connectivity index is 2.96. The second kappa shape index (κ2) is 14.6. The topological polar surface area (TPSA) is 96.0 Å². The second-order valence-corrected chi connectivity index (χ2v) is 9.51. The molecule has 0 aliphatic heterocycles. The molecule has 0 amide bonds. The fourth-order valence-corrected chi connectivity index (χ4v) is 4.34. The average molecular weight is 477 g/mol. The number of carbonyl (C=O) groups is 4. The Morgan fingerprint density at radius 1 is 0.971 bits per heavy atom. The summed E-state index contributed by atoms with van der Waals surface area (Å²) in [7, 11) is 1.38. The summed E-state index contributed by atoms with van der Waals surface area (Å²) in [5, 5.41) is 0. The zero-order valence-electron chi connectivity index (χ0n) is 21.5. The van der Waals surface area contributed by atoms with Gasteiger partial charge in [-0.1, -0.05) is 39.2 Å². The number of hydrogen-bond acceptors (Lipinski definition) is 7. The molecule has 1 aliphatic rings. The van der Waals surface area contributed by atoms with Crippen LogP contribution in [0, 0.1) is 29.1 Å². The zero-order chi connectivity index (χ0) is 25.7. The van der Waals surface area contributed by atoms with E-state index in [0.717, 1.165) is 32.1 Å². The first-order valence-electron chi connectivity index (χ1n) is 12.0. The number of carbonyl (C=O) groups excluding carboxylic acids is 4. The summed E-state index contributed by atoms with van der Waals surface area (Å²) in [5.74, 6) is 4.44. The van der Waals surface area contributed by atoms with Crippen LogP contribution in [0.25, 0.3) is 0 Å². The number of rotatable bonds is 13. The third-order valence-electron chi connectivity index (χ3n) is 6.24. The van der Waals surface area contributed by atoms with Crippen molar-refractivity contribution in [3.05, 3.63) is 12.2 Å². The normalized spacial score (nSPS) is 22.1. The van der Waals surface area contributed by atoms with Crippen LogP contribution in [0.15, 0.2) is 12.2 Å². The molecule has 0 aromatic heterocycles. The lowest BCUT2D eigenvalue weighted by molar-refractivity contribution is -0.149. The van der Waals surface area contributed by atoms with Crippen molar-refractivity contribution in [3.8, 4) is 11.8 Å². The van der Waals surface area contributed by atoms with Crippen LogP contribution in [0.3, 0.4) is 0 Å². The SMILES string of the molecule is CC#CCC(C)(C)C(=O)/C=C/[C@@H]1[C@@H](CCCCCCC(=O)OC)[C@@H](OC(C)=O)C[C@H]1OC(C)=O. The molecule has 4 atom stereocenters. The van der Waals surface area contributed by atoms with E-state index in [2.05, 4.69) is 16.6 Å². The van der Waals surface area contributed by atoms with E-state index in [4.69, 9.17) is 9.47 Å². The smallest absolute Gasteiger partial charge is 0.305 e. The van der Waals surface area contributed by atoms with E-state index < -0.39 is 17.5 Å². The minimum absolute atomic E-state index is 0.0469. The van der Waals surface area contributed by atoms with Crippen molar-refractivity contribution < 1.29 is 33.4 Å². The Bertz CT molecular complexity index is 800. The maximum Gasteiger partial charge on any atom is 0.305 e. The first-order valence-corrected chi connectivity index (χ1v) is 12.0. The van der Waals surface area contributed by atoms with E-state index in [-0.39, 0.29) is 35.7 Å². The van der Waals surface area contributed by atoms with Crippen LogP contribution in [-0.2, 0) is 33.4 Å². The molecule has 0 unspecified atom stereocenters. The maximum atomic E-state index is 12.8. The van der Waals surface area contributed by atoms with Crippen molar-refractivity contribution in [2.24, 2.45) is 17.3 Å². The van der Waals surface area contributed by atoms with Gasteiger partial charge in [0.2, 0.25) is 0 Å². The number of methoxy groups -OCH3 is 1. The molecule has 7 nitrogen and oxygen atoms in total. The van der Waals surface area contributed by atoms with Crippen LogP contribution in [0.4, 0.5) is 0 Å². The van der Waals surface area contributed by atoms with Crippen molar-refractivity contribution in [2.75, 3.05) is 7.11 Å². The van der Waals surface area contributed by atoms with Gasteiger partial charge in [-0.05, 0) is 25.8 Å². The molecule has 0 spiro atoms. The van der Waals surface area contributed by atoms with Crippen molar-refractivity contribution in [1.82, 2.24) is 0 Å². The summed E-state index contributed by atoms with van der Waals surface area (Å²) in [6.07, 6.45) is 7.97. The molecule has 7 heteroatoms. The molecule has 34 heavy (non-hydrogen) atoms. The van der Waals surface area contributed by atoms with Gasteiger partial charge in [-0.3, -0.25) is 19.2 Å². The summed E-state index contributed by atoms with van der Waals surface area (Å²) in [4.78, 5) is 47.6. The molecule has 0 aromatic rings. The molecule has 190 valence electrons. The largest absolute Gasteiger partial charge is 0.469 e. The highest BCUT2D eigenvalue weighted by Crippen LogP contribution is 2.41. The average Bonchev–Trinajstić information content (AvgIpc) is 3.06. The number of esters is 3. The van der Waals surface area contributed by atoms with Crippen molar-refractivity contribution in [1.29, 1.82) is 0 Å². The summed E-state index contributed by atoms with van der Waals surface area (Å²) < 4.78 is 15.8. The summed E-state index contributed by atoms with van der Waals surface area (Å²) in [6, 6.07) is 0. The molecule has 1 saturated carbocycles. The Morgan fingerprint density at radius 2 is 1.59 bits per heavy atom. The number of ketones is 1. The molecule has 0 heterocycles. The van der Waals surface area contributed by atoms with Crippen LogP contribution in [-0.4, -0.2) is 43.0 Å². The van der Waals surface area contributed by atoms with Crippen LogP contribution in [0.1, 0.15) is 86.0 Å². The quantitative estimate of drug-likeness (QED) is 0.126. The van der Waals surface area contributed by atoms with Crippen molar-refractivity contribution in [2.45, 2.75) is 98.2 Å². The van der Waals surface area contributed by atoms with Gasteiger partial charge in [0, 0.05) is 50.4 Å². The van der Waals surface area contributed by atoms with Crippen LogP contribution < -0.4 is 0 Å². The van der Waals surface area contributed by atoms with Crippen LogP contribution in [0.2, 0.25) is 0 Å². The lowest BCUT2D eigenvalue weighted by Crippen LogP contribution is -2.26. The molecule has 0 saturated heterocycles. The van der Waals surface area contributed by atoms with Gasteiger partial charge < -0.3 is 14.2 Å². The summed E-state index contributed by atoms with van der Waals surface area (Å²) in [6.45, 7) is 8.18. The highest BCUT2D eigenvalue weighted by Gasteiger charge is 2.45. The van der Waals surface area contributed by atoms with E-state index in [9.17, 15) is 19.2 Å². The summed E-state index contributed by atoms with van der Waals surface area (Å²) >= 11 is 0. The molecular weight excluding hydrogens is 436 g/mol. The van der Waals surface area contributed by atoms with Gasteiger partial charge in [0.1, 0.15) is 12.2 Å². The van der Waals surface area contributed by atoms with Gasteiger partial charge in [0.15, 0.2) is 5.78 Å². The Kier molecular flexibility index (Phi) is 12.6. The number of ether oxygens (including phenoxy) is 3. The van der Waals surface area contributed by atoms with Gasteiger partial charge in [0.25, 0.3) is 0 Å². The molecule has 1 rings (SSSR count). The molecule has 0 bridgehead atoms. The first-order chi connectivity index (χ1) is 16.0. The van der Waals surface area contributed by atoms with E-state index in [1.807, 2.05) is 19.9 Å². The lowest BCUT2D eigenvalue weighted by Gasteiger charge is -2.24. The lowest BCUT2D eigenvalue weighted by atomic mass is 9.82. The fourth-order valence-electron chi connectivity index (χ4n) is 4.34. The first kappa shape index (κ1) is 29.4. The van der Waals surface area contributed by atoms with Crippen LogP contribution >= 0.6 is 0 Å². The van der Waals surface area contributed by atoms with E-state index in [1.165, 1.54) is 21.0 Å². The highest BCUT2D eigenvalue weighted by atomic mass is 16.6. The van der Waals surface area contributed by atoms with Gasteiger partial charge in [0.05, 0.1) is 7.11 Å². The van der Waals surface area contributed by atoms with E-state index in [1.54, 1.807) is 13.0 Å². The van der Waals surface area contributed by atoms with Gasteiger partial charge in [-0.2, -0.15) is 0 Å². The zero-order valence-corrected chi connectivity index (χ0v) is 21.5. The second-order valence-electron chi connectivity index (χ2n) is 9.51. The highest BCUT2D eigenvalue weighted by molar-refractivity contribution is 5.94. The number of hydrogen-bond donors (Lipinski definition) is 0. The van der Waals surface area contributed by atoms with Gasteiger partial charge in [-0.25, -0.2) is 0 Å². The van der Waals surface area contributed by atoms with Gasteiger partial charge >= 0.3 is 17.9 Å². The molecule has 1 fully saturated rings. The standard InChI is InChI=1S/C27H40O7/c1-7-8-17-27(4,5)25(30)16-15-22-21(13-11-9-10-12-14-26(31)32-6)23(33-19(2)28)18-24(22)34-20(3)29/h15-16,21-24H,9-14,17-18H2,1-6H3/b16-15+/t21-,22-,23+,24-/m1/s1. The Hall–Kier alpha value is -2.62. The Labute approximate surface area is 204 Å². The molecule has 1 aliphatic carbocycles. The third kappa shape index (κ3) is 10.1. The predicted molar refractivity (Wildman–Crippen MR) is 128 cm³/mol. The third-order valence-corrected chi connectivity index (χ3v) is 6.24. The molecular formula is C27H40O7. The van der Waals surface area contributed by atoms with E-state index >= 15 is 0 Å². The van der Waals surface area contributed by atoms with E-state index in [0.29, 0.717) is 19.3 Å². The minimum Gasteiger partial charge on any atom is -0.469 e. The van der Waals surface area contributed by atoms with Crippen LogP contribution in [0.5, 0.6) is 0 Å².